The molecule has 2 rings (SSSR count). The molecule has 0 spiro atoms. The lowest BCUT2D eigenvalue weighted by Gasteiger charge is -2.14. The Kier molecular flexibility index (Phi) is 3.87. The number of aromatic nitrogens is 1. The van der Waals surface area contributed by atoms with Crippen molar-refractivity contribution in [2.45, 2.75) is 4.90 Å². The predicted molar refractivity (Wildman–Crippen MR) is 76.5 cm³/mol. The zero-order chi connectivity index (χ0) is 15.1. The van der Waals surface area contributed by atoms with Crippen molar-refractivity contribution in [1.82, 2.24) is 9.45 Å². The second kappa shape index (κ2) is 5.17. The number of hydrogen-bond acceptors (Lipinski definition) is 4. The van der Waals surface area contributed by atoms with E-state index in [0.717, 1.165) is 0 Å². The Morgan fingerprint density at radius 3 is 2.65 bits per heavy atom. The largest absolute Gasteiger partial charge is 0.364 e. The van der Waals surface area contributed by atoms with Crippen molar-refractivity contribution in [1.29, 1.82) is 0 Å². The predicted octanol–water partition coefficient (Wildman–Crippen LogP) is 1.21. The van der Waals surface area contributed by atoms with Crippen molar-refractivity contribution < 1.29 is 18.0 Å². The van der Waals surface area contributed by atoms with Crippen LogP contribution in [0.25, 0.3) is 10.9 Å². The summed E-state index contributed by atoms with van der Waals surface area (Å²) in [5.74, 6) is -0.861. The second-order valence-corrected chi connectivity index (χ2v) is 6.77. The first-order valence-corrected chi connectivity index (χ1v) is 7.66. The average molecular weight is 362 g/mol. The van der Waals surface area contributed by atoms with E-state index in [1.54, 1.807) is 18.2 Å². The van der Waals surface area contributed by atoms with E-state index in [2.05, 4.69) is 20.9 Å². The molecule has 1 aromatic heterocycles. The fourth-order valence-corrected chi connectivity index (χ4v) is 3.48. The Balaban J connectivity index is 2.88. The number of carbonyl (C=O) groups excluding carboxylic acids is 1. The Morgan fingerprint density at radius 2 is 2.10 bits per heavy atom. The lowest BCUT2D eigenvalue weighted by molar-refractivity contribution is -0.0258. The number of carbonyl (C=O) groups is 1. The maximum absolute atomic E-state index is 12.4. The first-order chi connectivity index (χ1) is 9.28. The maximum atomic E-state index is 12.4. The first kappa shape index (κ1) is 15.0. The highest BCUT2D eigenvalue weighted by molar-refractivity contribution is 9.10. The minimum Gasteiger partial charge on any atom is -0.364 e. The van der Waals surface area contributed by atoms with Crippen LogP contribution in [0.5, 0.6) is 0 Å². The molecule has 0 fully saturated rings. The van der Waals surface area contributed by atoms with Gasteiger partial charge in [0.2, 0.25) is 0 Å². The number of hydroxylamine groups is 1. The van der Waals surface area contributed by atoms with Crippen LogP contribution in [0.2, 0.25) is 0 Å². The highest BCUT2D eigenvalue weighted by Gasteiger charge is 2.30. The number of nitrogens with one attached hydrogen (secondary N) is 1. The van der Waals surface area contributed by atoms with Crippen LogP contribution in [0, 0.1) is 0 Å². The van der Waals surface area contributed by atoms with Gasteiger partial charge in [0.25, 0.3) is 15.9 Å². The Hall–Kier alpha value is -1.42. The monoisotopic (exact) mass is 361 g/mol. The molecule has 1 heterocycles. The van der Waals surface area contributed by atoms with Crippen molar-refractivity contribution in [3.05, 3.63) is 28.4 Å². The van der Waals surface area contributed by atoms with Gasteiger partial charge in [-0.15, -0.1) is 0 Å². The van der Waals surface area contributed by atoms with E-state index in [4.69, 9.17) is 10.6 Å². The molecule has 0 aliphatic rings. The van der Waals surface area contributed by atoms with Gasteiger partial charge in [-0.1, -0.05) is 20.4 Å². The molecular weight excluding hydrogens is 350 g/mol. The third kappa shape index (κ3) is 2.33. The van der Waals surface area contributed by atoms with Crippen molar-refractivity contribution in [2.75, 3.05) is 14.2 Å². The number of benzene rings is 1. The van der Waals surface area contributed by atoms with E-state index >= 15 is 0 Å². The lowest BCUT2D eigenvalue weighted by atomic mass is 10.2. The standard InChI is InChI=1S/C11H12BrN3O4S/c1-15(19-2)20(17,18)10-7-5-6(12)3-4-8(7)14-9(10)11(13)16/h3-5,14H,1-2H3,(H2,13,16). The third-order valence-corrected chi connectivity index (χ3v) is 5.07. The van der Waals surface area contributed by atoms with Gasteiger partial charge in [-0.2, -0.15) is 0 Å². The number of fused-ring (bicyclic) bond motifs is 1. The zero-order valence-corrected chi connectivity index (χ0v) is 13.1. The van der Waals surface area contributed by atoms with Crippen LogP contribution < -0.4 is 5.73 Å². The van der Waals surface area contributed by atoms with Crippen LogP contribution in [-0.4, -0.2) is 37.9 Å². The number of nitrogens with zero attached hydrogens (tertiary/aromatic N) is 1. The van der Waals surface area contributed by atoms with Gasteiger partial charge < -0.3 is 10.7 Å². The highest BCUT2D eigenvalue weighted by atomic mass is 79.9. The van der Waals surface area contributed by atoms with Crippen LogP contribution in [-0.2, 0) is 14.9 Å². The number of nitrogens with two attached hydrogens (primary N) is 1. The number of primary amides is 1. The molecule has 0 aliphatic carbocycles. The molecule has 0 atom stereocenters. The Bertz CT molecular complexity index is 784. The number of H-pyrrole nitrogens is 1. The topological polar surface area (TPSA) is 105 Å². The van der Waals surface area contributed by atoms with Gasteiger partial charge in [0.05, 0.1) is 7.11 Å². The van der Waals surface area contributed by atoms with Gasteiger partial charge in [0.1, 0.15) is 10.6 Å². The molecule has 1 amide bonds. The fourth-order valence-electron chi connectivity index (χ4n) is 1.81. The summed E-state index contributed by atoms with van der Waals surface area (Å²) < 4.78 is 26.2. The van der Waals surface area contributed by atoms with Crippen LogP contribution in [0.3, 0.4) is 0 Å². The third-order valence-electron chi connectivity index (χ3n) is 2.81. The molecule has 3 N–H and O–H groups in total. The second-order valence-electron chi connectivity index (χ2n) is 3.98. The summed E-state index contributed by atoms with van der Waals surface area (Å²) in [6.45, 7) is 0. The lowest BCUT2D eigenvalue weighted by Crippen LogP contribution is -2.28. The Labute approximate surface area is 123 Å². The quantitative estimate of drug-likeness (QED) is 0.798. The van der Waals surface area contributed by atoms with Crippen molar-refractivity contribution >= 4 is 42.8 Å². The van der Waals surface area contributed by atoms with Crippen molar-refractivity contribution in [2.24, 2.45) is 5.73 Å². The van der Waals surface area contributed by atoms with Crippen molar-refractivity contribution in [3.63, 3.8) is 0 Å². The van der Waals surface area contributed by atoms with Crippen LogP contribution >= 0.6 is 15.9 Å². The number of halogens is 1. The molecule has 9 heteroatoms. The smallest absolute Gasteiger partial charge is 0.267 e. The normalized spacial score (nSPS) is 12.2. The number of amides is 1. The molecule has 0 radical (unpaired) electrons. The minimum absolute atomic E-state index is 0.179. The number of rotatable bonds is 4. The van der Waals surface area contributed by atoms with Gasteiger partial charge in [0, 0.05) is 22.4 Å². The molecule has 0 saturated carbocycles. The van der Waals surface area contributed by atoms with Gasteiger partial charge in [-0.25, -0.2) is 8.42 Å². The van der Waals surface area contributed by atoms with E-state index in [0.29, 0.717) is 19.8 Å². The van der Waals surface area contributed by atoms with Crippen LogP contribution in [0.1, 0.15) is 10.5 Å². The number of hydrogen-bond donors (Lipinski definition) is 2. The van der Waals surface area contributed by atoms with E-state index in [-0.39, 0.29) is 10.6 Å². The number of aromatic amines is 1. The molecule has 20 heavy (non-hydrogen) atoms. The van der Waals surface area contributed by atoms with E-state index < -0.39 is 15.9 Å². The number of sulfonamides is 1. The SMILES string of the molecule is CON(C)S(=O)(=O)c1c(C(N)=O)[nH]c2ccc(Br)cc12. The van der Waals surface area contributed by atoms with Gasteiger partial charge >= 0.3 is 0 Å². The highest BCUT2D eigenvalue weighted by Crippen LogP contribution is 2.31. The van der Waals surface area contributed by atoms with E-state index in [1.807, 2.05) is 0 Å². The fraction of sp³-hybridized carbons (Fsp3) is 0.182. The van der Waals surface area contributed by atoms with Crippen molar-refractivity contribution in [3.8, 4) is 0 Å². The summed E-state index contributed by atoms with van der Waals surface area (Å²) in [4.78, 5) is 18.7. The summed E-state index contributed by atoms with van der Waals surface area (Å²) in [5, 5.41) is 0.358. The molecule has 0 bridgehead atoms. The molecule has 0 unspecified atom stereocenters. The van der Waals surface area contributed by atoms with Gasteiger partial charge in [-0.3, -0.25) is 9.63 Å². The van der Waals surface area contributed by atoms with Gasteiger partial charge in [0.15, 0.2) is 0 Å². The summed E-state index contributed by atoms with van der Waals surface area (Å²) in [5.41, 5.74) is 5.56. The summed E-state index contributed by atoms with van der Waals surface area (Å²) >= 11 is 3.26. The van der Waals surface area contributed by atoms with E-state index in [1.165, 1.54) is 14.2 Å². The molecular formula is C11H12BrN3O4S. The maximum Gasteiger partial charge on any atom is 0.267 e. The zero-order valence-electron chi connectivity index (χ0n) is 10.7. The van der Waals surface area contributed by atoms with Crippen LogP contribution in [0.4, 0.5) is 0 Å². The molecule has 1 aromatic carbocycles. The van der Waals surface area contributed by atoms with Crippen LogP contribution in [0.15, 0.2) is 27.6 Å². The summed E-state index contributed by atoms with van der Waals surface area (Å²) in [6.07, 6.45) is 0. The van der Waals surface area contributed by atoms with Gasteiger partial charge in [-0.05, 0) is 18.2 Å². The van der Waals surface area contributed by atoms with E-state index in [9.17, 15) is 13.2 Å². The first-order valence-electron chi connectivity index (χ1n) is 5.43. The average Bonchev–Trinajstić information content (AvgIpc) is 2.76. The molecule has 0 saturated heterocycles. The molecule has 2 aromatic rings. The Morgan fingerprint density at radius 1 is 1.45 bits per heavy atom. The molecule has 7 nitrogen and oxygen atoms in total. The molecule has 108 valence electrons. The summed E-state index contributed by atoms with van der Waals surface area (Å²) in [7, 11) is -1.56. The minimum atomic E-state index is -4.01. The molecule has 0 aliphatic heterocycles. The summed E-state index contributed by atoms with van der Waals surface area (Å²) in [6, 6.07) is 4.96.